The molecule has 0 heterocycles. The first-order chi connectivity index (χ1) is 6.22. The molecule has 1 saturated carbocycles. The van der Waals surface area contributed by atoms with E-state index >= 15 is 0 Å². The average molecular weight is 180 g/mol. The minimum atomic E-state index is 0.0426. The lowest BCUT2D eigenvalue weighted by Gasteiger charge is -2.18. The predicted octanol–water partition coefficient (Wildman–Crippen LogP) is 2.41. The van der Waals surface area contributed by atoms with Gasteiger partial charge in [0, 0.05) is 6.54 Å². The van der Waals surface area contributed by atoms with Crippen molar-refractivity contribution in [3.8, 4) is 6.07 Å². The fraction of sp³-hybridized carbons (Fsp3) is 0.909. The van der Waals surface area contributed by atoms with Gasteiger partial charge in [-0.1, -0.05) is 19.8 Å². The van der Waals surface area contributed by atoms with E-state index in [9.17, 15) is 0 Å². The minimum absolute atomic E-state index is 0.0426. The Balaban J connectivity index is 2.11. The van der Waals surface area contributed by atoms with Gasteiger partial charge in [-0.15, -0.1) is 0 Å². The van der Waals surface area contributed by atoms with Gasteiger partial charge in [0.05, 0.1) is 11.5 Å². The summed E-state index contributed by atoms with van der Waals surface area (Å²) in [5, 5.41) is 8.90. The second-order valence-corrected chi connectivity index (χ2v) is 4.34. The van der Waals surface area contributed by atoms with Crippen molar-refractivity contribution in [2.24, 2.45) is 5.41 Å². The third-order valence-corrected chi connectivity index (χ3v) is 2.81. The van der Waals surface area contributed by atoms with Crippen LogP contribution in [0.25, 0.3) is 0 Å². The predicted molar refractivity (Wildman–Crippen MR) is 54.3 cm³/mol. The highest BCUT2D eigenvalue weighted by Gasteiger charge is 2.43. The maximum Gasteiger partial charge on any atom is 0.0703 e. The summed E-state index contributed by atoms with van der Waals surface area (Å²) in [5.41, 5.74) is 0.0426. The van der Waals surface area contributed by atoms with Crippen molar-refractivity contribution in [3.05, 3.63) is 0 Å². The monoisotopic (exact) mass is 180 g/mol. The van der Waals surface area contributed by atoms with E-state index in [-0.39, 0.29) is 5.41 Å². The molecular weight excluding hydrogens is 160 g/mol. The molecule has 0 bridgehead atoms. The minimum Gasteiger partial charge on any atom is -0.305 e. The Bertz CT molecular complexity index is 189. The molecule has 13 heavy (non-hydrogen) atoms. The average Bonchev–Trinajstić information content (AvgIpc) is 2.86. The van der Waals surface area contributed by atoms with Gasteiger partial charge in [-0.3, -0.25) is 0 Å². The van der Waals surface area contributed by atoms with Crippen molar-refractivity contribution in [1.82, 2.24) is 4.90 Å². The maximum absolute atomic E-state index is 8.90. The van der Waals surface area contributed by atoms with Crippen molar-refractivity contribution >= 4 is 0 Å². The molecule has 0 radical (unpaired) electrons. The van der Waals surface area contributed by atoms with Gasteiger partial charge in [0.1, 0.15) is 0 Å². The first-order valence-corrected chi connectivity index (χ1v) is 5.32. The number of hydrogen-bond acceptors (Lipinski definition) is 2. The fourth-order valence-corrected chi connectivity index (χ4v) is 1.68. The second-order valence-electron chi connectivity index (χ2n) is 4.34. The highest BCUT2D eigenvalue weighted by molar-refractivity contribution is 5.11. The van der Waals surface area contributed by atoms with Gasteiger partial charge >= 0.3 is 0 Å². The summed E-state index contributed by atoms with van der Waals surface area (Å²) in [6.45, 7) is 4.35. The maximum atomic E-state index is 8.90. The fourth-order valence-electron chi connectivity index (χ4n) is 1.68. The summed E-state index contributed by atoms with van der Waals surface area (Å²) in [6.07, 6.45) is 6.08. The molecule has 0 unspecified atom stereocenters. The van der Waals surface area contributed by atoms with Crippen LogP contribution in [0.15, 0.2) is 0 Å². The third-order valence-electron chi connectivity index (χ3n) is 2.81. The number of hydrogen-bond donors (Lipinski definition) is 0. The Morgan fingerprint density at radius 1 is 1.38 bits per heavy atom. The molecular formula is C11H20N2. The first-order valence-electron chi connectivity index (χ1n) is 5.32. The molecule has 74 valence electrons. The summed E-state index contributed by atoms with van der Waals surface area (Å²) in [5.74, 6) is 0. The normalized spacial score (nSPS) is 18.6. The van der Waals surface area contributed by atoms with Crippen LogP contribution < -0.4 is 0 Å². The van der Waals surface area contributed by atoms with Crippen LogP contribution in [-0.2, 0) is 0 Å². The van der Waals surface area contributed by atoms with Crippen molar-refractivity contribution < 1.29 is 0 Å². The van der Waals surface area contributed by atoms with E-state index < -0.39 is 0 Å². The molecule has 1 aliphatic carbocycles. The highest BCUT2D eigenvalue weighted by Crippen LogP contribution is 2.45. The largest absolute Gasteiger partial charge is 0.305 e. The van der Waals surface area contributed by atoms with E-state index in [4.69, 9.17) is 5.26 Å². The van der Waals surface area contributed by atoms with Crippen LogP contribution in [0.3, 0.4) is 0 Å². The van der Waals surface area contributed by atoms with Crippen LogP contribution in [0.2, 0.25) is 0 Å². The summed E-state index contributed by atoms with van der Waals surface area (Å²) in [6, 6.07) is 2.43. The van der Waals surface area contributed by atoms with Gasteiger partial charge in [0.2, 0.25) is 0 Å². The molecule has 0 saturated heterocycles. The van der Waals surface area contributed by atoms with Gasteiger partial charge < -0.3 is 4.90 Å². The van der Waals surface area contributed by atoms with Gasteiger partial charge in [-0.2, -0.15) is 5.26 Å². The van der Waals surface area contributed by atoms with Gasteiger partial charge in [0.15, 0.2) is 0 Å². The van der Waals surface area contributed by atoms with Crippen LogP contribution in [0.1, 0.15) is 39.0 Å². The molecule has 0 spiro atoms. The van der Waals surface area contributed by atoms with Crippen LogP contribution in [0.5, 0.6) is 0 Å². The summed E-state index contributed by atoms with van der Waals surface area (Å²) in [4.78, 5) is 2.31. The molecule has 0 aromatic carbocycles. The molecule has 0 atom stereocenters. The highest BCUT2D eigenvalue weighted by atomic mass is 15.1. The molecule has 0 amide bonds. The van der Waals surface area contributed by atoms with E-state index in [1.54, 1.807) is 0 Å². The standard InChI is InChI=1S/C11H20N2/c1-3-4-5-8-13(2)10-11(9-12)6-7-11/h3-8,10H2,1-2H3. The van der Waals surface area contributed by atoms with Gasteiger partial charge in [-0.25, -0.2) is 0 Å². The molecule has 0 N–H and O–H groups in total. The van der Waals surface area contributed by atoms with Crippen LogP contribution >= 0.6 is 0 Å². The quantitative estimate of drug-likeness (QED) is 0.587. The van der Waals surface area contributed by atoms with Crippen molar-refractivity contribution in [3.63, 3.8) is 0 Å². The zero-order valence-electron chi connectivity index (χ0n) is 8.84. The molecule has 1 aliphatic rings. The molecule has 1 rings (SSSR count). The van der Waals surface area contributed by atoms with Crippen LogP contribution in [0, 0.1) is 16.7 Å². The molecule has 0 aromatic rings. The van der Waals surface area contributed by atoms with E-state index in [2.05, 4.69) is 24.9 Å². The summed E-state index contributed by atoms with van der Waals surface area (Å²) < 4.78 is 0. The van der Waals surface area contributed by atoms with Crippen molar-refractivity contribution in [2.75, 3.05) is 20.1 Å². The lowest BCUT2D eigenvalue weighted by Crippen LogP contribution is -2.26. The van der Waals surface area contributed by atoms with E-state index in [0.29, 0.717) is 0 Å². The van der Waals surface area contributed by atoms with E-state index in [1.807, 2.05) is 0 Å². The zero-order valence-corrected chi connectivity index (χ0v) is 8.84. The SMILES string of the molecule is CCCCCN(C)CC1(C#N)CC1. The molecule has 2 heteroatoms. The van der Waals surface area contributed by atoms with Gasteiger partial charge in [0.25, 0.3) is 0 Å². The number of nitrogens with zero attached hydrogens (tertiary/aromatic N) is 2. The second kappa shape index (κ2) is 4.62. The Morgan fingerprint density at radius 2 is 2.08 bits per heavy atom. The zero-order chi connectivity index (χ0) is 9.73. The van der Waals surface area contributed by atoms with Crippen LogP contribution in [-0.4, -0.2) is 25.0 Å². The van der Waals surface area contributed by atoms with E-state index in [0.717, 1.165) is 25.9 Å². The molecule has 0 aliphatic heterocycles. The summed E-state index contributed by atoms with van der Waals surface area (Å²) >= 11 is 0. The molecule has 0 aromatic heterocycles. The Morgan fingerprint density at radius 3 is 2.54 bits per heavy atom. The Hall–Kier alpha value is -0.550. The topological polar surface area (TPSA) is 27.0 Å². The van der Waals surface area contributed by atoms with Gasteiger partial charge in [-0.05, 0) is 32.9 Å². The molecule has 2 nitrogen and oxygen atoms in total. The lowest BCUT2D eigenvalue weighted by atomic mass is 10.1. The number of unbranched alkanes of at least 4 members (excludes halogenated alkanes) is 2. The third kappa shape index (κ3) is 3.36. The Labute approximate surface area is 81.5 Å². The summed E-state index contributed by atoms with van der Waals surface area (Å²) in [7, 11) is 2.13. The van der Waals surface area contributed by atoms with Crippen molar-refractivity contribution in [1.29, 1.82) is 5.26 Å². The first kappa shape index (κ1) is 10.5. The van der Waals surface area contributed by atoms with Crippen molar-refractivity contribution in [2.45, 2.75) is 39.0 Å². The molecule has 1 fully saturated rings. The number of nitriles is 1. The van der Waals surface area contributed by atoms with Crippen LogP contribution in [0.4, 0.5) is 0 Å². The smallest absolute Gasteiger partial charge is 0.0703 e. The number of rotatable bonds is 6. The lowest BCUT2D eigenvalue weighted by molar-refractivity contribution is 0.288. The van der Waals surface area contributed by atoms with E-state index in [1.165, 1.54) is 19.3 Å². The Kier molecular flexibility index (Phi) is 3.74.